The van der Waals surface area contributed by atoms with Gasteiger partial charge in [0.25, 0.3) is 0 Å². The van der Waals surface area contributed by atoms with Crippen LogP contribution in [0.1, 0.15) is 50.6 Å². The Kier molecular flexibility index (Phi) is 6.08. The monoisotopic (exact) mass is 483 g/mol. The molecule has 9 heteroatoms. The molecular formula is C27H29N7O2. The summed E-state index contributed by atoms with van der Waals surface area (Å²) in [6.45, 7) is 5.42. The van der Waals surface area contributed by atoms with Gasteiger partial charge >= 0.3 is 0 Å². The molecule has 1 aliphatic rings. The largest absolute Gasteiger partial charge is 0.346 e. The van der Waals surface area contributed by atoms with Crippen LogP contribution in [0.5, 0.6) is 0 Å². The molecule has 36 heavy (non-hydrogen) atoms. The van der Waals surface area contributed by atoms with Gasteiger partial charge in [-0.2, -0.15) is 15.3 Å². The number of fused-ring (bicyclic) bond motifs is 1. The summed E-state index contributed by atoms with van der Waals surface area (Å²) < 4.78 is 17.8. The minimum Gasteiger partial charge on any atom is -0.346 e. The molecule has 5 aromatic rings. The molecule has 4 aromatic heterocycles. The van der Waals surface area contributed by atoms with Crippen LogP contribution < -0.4 is 0 Å². The number of nitrogens with zero attached hydrogens (tertiary/aromatic N) is 7. The highest BCUT2D eigenvalue weighted by Gasteiger charge is 2.25. The van der Waals surface area contributed by atoms with Crippen LogP contribution >= 0.6 is 0 Å². The summed E-state index contributed by atoms with van der Waals surface area (Å²) in [5.41, 5.74) is 5.48. The van der Waals surface area contributed by atoms with Gasteiger partial charge in [0.1, 0.15) is 0 Å². The van der Waals surface area contributed by atoms with Crippen molar-refractivity contribution in [3.8, 4) is 22.5 Å². The van der Waals surface area contributed by atoms with E-state index in [0.29, 0.717) is 19.3 Å². The van der Waals surface area contributed by atoms with Gasteiger partial charge in [-0.3, -0.25) is 9.36 Å². The predicted molar refractivity (Wildman–Crippen MR) is 135 cm³/mol. The maximum absolute atomic E-state index is 5.99. The number of aromatic nitrogens is 7. The van der Waals surface area contributed by atoms with Crippen LogP contribution in [0.4, 0.5) is 0 Å². The average Bonchev–Trinajstić information content (AvgIpc) is 3.70. The zero-order chi connectivity index (χ0) is 24.5. The second kappa shape index (κ2) is 9.67. The van der Waals surface area contributed by atoms with Gasteiger partial charge < -0.3 is 9.47 Å². The smallest absolute Gasteiger partial charge is 0.184 e. The molecule has 0 aliphatic carbocycles. The molecule has 0 N–H and O–H groups in total. The van der Waals surface area contributed by atoms with Crippen molar-refractivity contribution in [2.75, 3.05) is 13.2 Å². The number of ether oxygens (including phenoxy) is 2. The molecule has 1 atom stereocenters. The highest BCUT2D eigenvalue weighted by atomic mass is 16.7. The Balaban J connectivity index is 1.25. The summed E-state index contributed by atoms with van der Waals surface area (Å²) >= 11 is 0. The van der Waals surface area contributed by atoms with E-state index in [1.807, 2.05) is 75.1 Å². The summed E-state index contributed by atoms with van der Waals surface area (Å²) in [6.07, 6.45) is 13.4. The standard InChI is InChI=1S/C27H29N7O2/c1-3-7-19(2)32-15-22(13-29-32)26-25-10-11-28-34(25)16-24(31-26)21-12-30-33(14-21)23-17-35-27(36-18-23)20-8-5-4-6-9-20/h4-6,8-16,19,23,27H,3,7,17-18H2,1-2H3/t19-,23?,27?/m0/s1. The lowest BCUT2D eigenvalue weighted by molar-refractivity contribution is -0.202. The quantitative estimate of drug-likeness (QED) is 0.320. The molecule has 5 heterocycles. The summed E-state index contributed by atoms with van der Waals surface area (Å²) in [4.78, 5) is 5.01. The van der Waals surface area contributed by atoms with Crippen molar-refractivity contribution in [1.29, 1.82) is 0 Å². The molecule has 1 fully saturated rings. The second-order valence-corrected chi connectivity index (χ2v) is 9.25. The molecule has 0 saturated carbocycles. The first kappa shape index (κ1) is 22.6. The van der Waals surface area contributed by atoms with Crippen molar-refractivity contribution in [1.82, 2.24) is 34.2 Å². The fourth-order valence-corrected chi connectivity index (χ4v) is 4.65. The first-order chi connectivity index (χ1) is 17.7. The number of hydrogen-bond acceptors (Lipinski definition) is 6. The summed E-state index contributed by atoms with van der Waals surface area (Å²) in [6, 6.07) is 12.3. The van der Waals surface area contributed by atoms with Crippen molar-refractivity contribution < 1.29 is 9.47 Å². The minimum atomic E-state index is -0.343. The van der Waals surface area contributed by atoms with Gasteiger partial charge in [-0.25, -0.2) is 9.50 Å². The van der Waals surface area contributed by atoms with Crippen molar-refractivity contribution in [3.63, 3.8) is 0 Å². The van der Waals surface area contributed by atoms with E-state index in [-0.39, 0.29) is 12.3 Å². The fourth-order valence-electron chi connectivity index (χ4n) is 4.65. The van der Waals surface area contributed by atoms with Gasteiger partial charge in [0.2, 0.25) is 0 Å². The Bertz CT molecular complexity index is 1450. The van der Waals surface area contributed by atoms with Gasteiger partial charge in [0, 0.05) is 35.1 Å². The van der Waals surface area contributed by atoms with E-state index in [1.54, 1.807) is 6.20 Å². The highest BCUT2D eigenvalue weighted by molar-refractivity contribution is 5.78. The number of benzene rings is 1. The first-order valence-corrected chi connectivity index (χ1v) is 12.4. The van der Waals surface area contributed by atoms with Crippen LogP contribution in [0.2, 0.25) is 0 Å². The molecule has 184 valence electrons. The third kappa shape index (κ3) is 4.31. The lowest BCUT2D eigenvalue weighted by Gasteiger charge is -2.29. The summed E-state index contributed by atoms with van der Waals surface area (Å²) in [5, 5.41) is 13.7. The van der Waals surface area contributed by atoms with E-state index in [9.17, 15) is 0 Å². The summed E-state index contributed by atoms with van der Waals surface area (Å²) in [7, 11) is 0. The predicted octanol–water partition coefficient (Wildman–Crippen LogP) is 5.10. The minimum absolute atomic E-state index is 0.00935. The Morgan fingerprint density at radius 1 is 0.944 bits per heavy atom. The van der Waals surface area contributed by atoms with Gasteiger partial charge in [-0.1, -0.05) is 43.7 Å². The van der Waals surface area contributed by atoms with Crippen LogP contribution in [-0.4, -0.2) is 47.4 Å². The zero-order valence-corrected chi connectivity index (χ0v) is 20.4. The second-order valence-electron chi connectivity index (χ2n) is 9.25. The number of rotatable bonds is 7. The normalized spacial score (nSPS) is 19.1. The molecule has 0 amide bonds. The molecule has 1 saturated heterocycles. The Morgan fingerprint density at radius 2 is 1.75 bits per heavy atom. The van der Waals surface area contributed by atoms with Crippen molar-refractivity contribution in [3.05, 3.63) is 79.1 Å². The van der Waals surface area contributed by atoms with Gasteiger partial charge in [-0.15, -0.1) is 0 Å². The molecular weight excluding hydrogens is 454 g/mol. The molecule has 6 rings (SSSR count). The van der Waals surface area contributed by atoms with Crippen molar-refractivity contribution in [2.24, 2.45) is 0 Å². The Labute approximate surface area is 209 Å². The lowest BCUT2D eigenvalue weighted by atomic mass is 10.2. The van der Waals surface area contributed by atoms with E-state index in [1.165, 1.54) is 0 Å². The topological polar surface area (TPSA) is 84.3 Å². The van der Waals surface area contributed by atoms with Gasteiger partial charge in [0.05, 0.1) is 60.9 Å². The Morgan fingerprint density at radius 3 is 2.56 bits per heavy atom. The van der Waals surface area contributed by atoms with E-state index in [2.05, 4.69) is 35.3 Å². The molecule has 1 aliphatic heterocycles. The van der Waals surface area contributed by atoms with Crippen molar-refractivity contribution >= 4 is 5.52 Å². The average molecular weight is 484 g/mol. The van der Waals surface area contributed by atoms with Crippen LogP contribution in [0.3, 0.4) is 0 Å². The van der Waals surface area contributed by atoms with E-state index < -0.39 is 0 Å². The molecule has 0 bridgehead atoms. The number of hydrogen-bond donors (Lipinski definition) is 0. The maximum atomic E-state index is 5.99. The zero-order valence-electron chi connectivity index (χ0n) is 20.4. The molecule has 0 radical (unpaired) electrons. The first-order valence-electron chi connectivity index (χ1n) is 12.4. The molecule has 0 spiro atoms. The fraction of sp³-hybridized carbons (Fsp3) is 0.333. The summed E-state index contributed by atoms with van der Waals surface area (Å²) in [5.74, 6) is 0. The Hall–Kier alpha value is -3.82. The SMILES string of the molecule is CCC[C@H](C)n1cc(-c2nc(-c3cnn(C4COC(c5ccccc5)OC4)c3)cn3nccc23)cn1. The van der Waals surface area contributed by atoms with Crippen LogP contribution in [0.25, 0.3) is 28.0 Å². The van der Waals surface area contributed by atoms with Gasteiger partial charge in [-0.05, 0) is 19.4 Å². The molecule has 1 aromatic carbocycles. The van der Waals surface area contributed by atoms with E-state index in [4.69, 9.17) is 14.5 Å². The molecule has 0 unspecified atom stereocenters. The lowest BCUT2D eigenvalue weighted by Crippen LogP contribution is -2.29. The third-order valence-corrected chi connectivity index (χ3v) is 6.65. The van der Waals surface area contributed by atoms with E-state index >= 15 is 0 Å². The molecule has 9 nitrogen and oxygen atoms in total. The van der Waals surface area contributed by atoms with Gasteiger partial charge in [0.15, 0.2) is 6.29 Å². The van der Waals surface area contributed by atoms with Crippen LogP contribution in [0.15, 0.2) is 73.6 Å². The highest BCUT2D eigenvalue weighted by Crippen LogP contribution is 2.30. The third-order valence-electron chi connectivity index (χ3n) is 6.65. The van der Waals surface area contributed by atoms with Crippen LogP contribution in [0, 0.1) is 0 Å². The van der Waals surface area contributed by atoms with E-state index in [0.717, 1.165) is 46.4 Å². The van der Waals surface area contributed by atoms with Crippen LogP contribution in [-0.2, 0) is 9.47 Å². The van der Waals surface area contributed by atoms with Crippen molar-refractivity contribution in [2.45, 2.75) is 45.1 Å². The maximum Gasteiger partial charge on any atom is 0.184 e.